The smallest absolute Gasteiger partial charge is 0.417 e. The third kappa shape index (κ3) is 4.14. The van der Waals surface area contributed by atoms with Crippen LogP contribution in [0, 0.1) is 17.2 Å². The molecule has 3 nitrogen and oxygen atoms in total. The summed E-state index contributed by atoms with van der Waals surface area (Å²) in [6.45, 7) is 4.65. The van der Waals surface area contributed by atoms with Gasteiger partial charge >= 0.3 is 6.18 Å². The van der Waals surface area contributed by atoms with Gasteiger partial charge in [-0.15, -0.1) is 0 Å². The van der Waals surface area contributed by atoms with Gasteiger partial charge in [-0.05, 0) is 37.0 Å². The van der Waals surface area contributed by atoms with Crippen molar-refractivity contribution >= 4 is 0 Å². The van der Waals surface area contributed by atoms with Gasteiger partial charge in [-0.3, -0.25) is 0 Å². The number of alkyl halides is 3. The first kappa shape index (κ1) is 16.6. The predicted molar refractivity (Wildman–Crippen MR) is 76.4 cm³/mol. The Kier molecular flexibility index (Phi) is 4.97. The average molecular weight is 312 g/mol. The lowest BCUT2D eigenvalue weighted by Crippen LogP contribution is -2.46. The zero-order chi connectivity index (χ0) is 16.3. The first-order valence-electron chi connectivity index (χ1n) is 7.29. The van der Waals surface area contributed by atoms with Gasteiger partial charge in [0.1, 0.15) is 5.75 Å². The number of hydrogen-bond acceptors (Lipinski definition) is 3. The van der Waals surface area contributed by atoms with E-state index < -0.39 is 17.3 Å². The molecule has 0 aliphatic heterocycles. The molecule has 6 heteroatoms. The number of rotatable bonds is 5. The molecule has 1 aromatic rings. The van der Waals surface area contributed by atoms with Gasteiger partial charge in [-0.2, -0.15) is 18.4 Å². The lowest BCUT2D eigenvalue weighted by molar-refractivity contribution is -0.137. The Labute approximate surface area is 128 Å². The zero-order valence-corrected chi connectivity index (χ0v) is 12.6. The maximum Gasteiger partial charge on any atom is 0.417 e. The lowest BCUT2D eigenvalue weighted by Gasteiger charge is -2.37. The maximum absolute atomic E-state index is 12.7. The Morgan fingerprint density at radius 3 is 2.59 bits per heavy atom. The minimum atomic E-state index is -4.52. The molecule has 1 aliphatic rings. The molecule has 0 radical (unpaired) electrons. The largest absolute Gasteiger partial charge is 0.493 e. The first-order chi connectivity index (χ1) is 10.3. The summed E-state index contributed by atoms with van der Waals surface area (Å²) in [4.78, 5) is 0. The van der Waals surface area contributed by atoms with Crippen LogP contribution in [0.2, 0.25) is 0 Å². The van der Waals surface area contributed by atoms with Crippen molar-refractivity contribution in [1.82, 2.24) is 5.32 Å². The molecule has 0 amide bonds. The van der Waals surface area contributed by atoms with E-state index in [0.29, 0.717) is 30.4 Å². The van der Waals surface area contributed by atoms with Crippen LogP contribution in [-0.4, -0.2) is 18.7 Å². The summed E-state index contributed by atoms with van der Waals surface area (Å²) >= 11 is 0. The molecule has 0 saturated heterocycles. The fourth-order valence-corrected chi connectivity index (χ4v) is 2.65. The number of ether oxygens (including phenoxy) is 1. The molecule has 0 unspecified atom stereocenters. The minimum absolute atomic E-state index is 0.310. The third-order valence-electron chi connectivity index (χ3n) is 3.71. The Bertz CT molecular complexity index is 557. The van der Waals surface area contributed by atoms with E-state index in [-0.39, 0.29) is 0 Å². The number of nitrogens with zero attached hydrogens (tertiary/aromatic N) is 1. The summed E-state index contributed by atoms with van der Waals surface area (Å²) in [5.41, 5.74) is -1.33. The normalized spacial score (nSPS) is 21.3. The van der Waals surface area contributed by atoms with E-state index >= 15 is 0 Å². The van der Waals surface area contributed by atoms with E-state index in [1.165, 1.54) is 6.07 Å². The quantitative estimate of drug-likeness (QED) is 0.901. The molecule has 1 aromatic carbocycles. The van der Waals surface area contributed by atoms with Gasteiger partial charge in [0.2, 0.25) is 0 Å². The van der Waals surface area contributed by atoms with Gasteiger partial charge in [-0.1, -0.05) is 13.8 Å². The summed E-state index contributed by atoms with van der Waals surface area (Å²) in [7, 11) is 0. The molecule has 1 N–H and O–H groups in total. The van der Waals surface area contributed by atoms with Crippen LogP contribution < -0.4 is 10.1 Å². The molecule has 120 valence electrons. The van der Waals surface area contributed by atoms with Crippen molar-refractivity contribution in [3.05, 3.63) is 29.3 Å². The number of halogens is 3. The third-order valence-corrected chi connectivity index (χ3v) is 3.71. The highest BCUT2D eigenvalue weighted by Gasteiger charge is 2.34. The van der Waals surface area contributed by atoms with Crippen molar-refractivity contribution in [2.75, 3.05) is 6.61 Å². The number of benzene rings is 1. The van der Waals surface area contributed by atoms with Crippen LogP contribution in [0.3, 0.4) is 0 Å². The van der Waals surface area contributed by atoms with Crippen LogP contribution in [0.5, 0.6) is 5.75 Å². The van der Waals surface area contributed by atoms with E-state index in [9.17, 15) is 13.2 Å². The van der Waals surface area contributed by atoms with E-state index in [1.54, 1.807) is 6.07 Å². The highest BCUT2D eigenvalue weighted by Crippen LogP contribution is 2.34. The molecule has 0 atom stereocenters. The second-order valence-electron chi connectivity index (χ2n) is 5.98. The van der Waals surface area contributed by atoms with Crippen molar-refractivity contribution in [2.24, 2.45) is 5.92 Å². The van der Waals surface area contributed by atoms with E-state index in [1.807, 2.05) is 0 Å². The van der Waals surface area contributed by atoms with Crippen molar-refractivity contribution in [3.8, 4) is 11.8 Å². The topological polar surface area (TPSA) is 45.0 Å². The number of nitriles is 1. The molecular weight excluding hydrogens is 293 g/mol. The molecule has 2 rings (SSSR count). The average Bonchev–Trinajstić information content (AvgIpc) is 2.39. The standard InChI is InChI=1S/C16H19F3N2O/c1-10(2)21-13-5-11(6-13)9-22-14-3-4-15(16(17,18)19)12(7-14)8-20/h3-4,7,10-11,13,21H,5-6,9H2,1-2H3. The molecule has 0 spiro atoms. The lowest BCUT2D eigenvalue weighted by atomic mass is 9.80. The fraction of sp³-hybridized carbons (Fsp3) is 0.562. The summed E-state index contributed by atoms with van der Waals surface area (Å²) in [5, 5.41) is 12.3. The van der Waals surface area contributed by atoms with E-state index in [2.05, 4.69) is 19.2 Å². The van der Waals surface area contributed by atoms with Crippen LogP contribution in [0.1, 0.15) is 37.8 Å². The summed E-state index contributed by atoms with van der Waals surface area (Å²) in [5.74, 6) is 0.717. The van der Waals surface area contributed by atoms with Crippen molar-refractivity contribution in [1.29, 1.82) is 5.26 Å². The number of nitrogens with one attached hydrogen (secondary N) is 1. The van der Waals surface area contributed by atoms with Crippen molar-refractivity contribution in [3.63, 3.8) is 0 Å². The van der Waals surface area contributed by atoms with Gasteiger partial charge in [0, 0.05) is 12.1 Å². The maximum atomic E-state index is 12.7. The molecule has 1 fully saturated rings. The Morgan fingerprint density at radius 1 is 1.36 bits per heavy atom. The molecule has 0 bridgehead atoms. The summed E-state index contributed by atoms with van der Waals surface area (Å²) in [6, 6.07) is 5.85. The van der Waals surface area contributed by atoms with Crippen LogP contribution in [0.15, 0.2) is 18.2 Å². The van der Waals surface area contributed by atoms with Crippen LogP contribution in [-0.2, 0) is 6.18 Å². The van der Waals surface area contributed by atoms with Crippen LogP contribution in [0.25, 0.3) is 0 Å². The molecule has 22 heavy (non-hydrogen) atoms. The predicted octanol–water partition coefficient (Wildman–Crippen LogP) is 3.73. The van der Waals surface area contributed by atoms with E-state index in [0.717, 1.165) is 25.0 Å². The van der Waals surface area contributed by atoms with Gasteiger partial charge < -0.3 is 10.1 Å². The van der Waals surface area contributed by atoms with E-state index in [4.69, 9.17) is 10.00 Å². The second-order valence-corrected chi connectivity index (χ2v) is 5.98. The molecular formula is C16H19F3N2O. The first-order valence-corrected chi connectivity index (χ1v) is 7.29. The molecule has 1 saturated carbocycles. The second kappa shape index (κ2) is 6.57. The van der Waals surface area contributed by atoms with Crippen LogP contribution in [0.4, 0.5) is 13.2 Å². The monoisotopic (exact) mass is 312 g/mol. The van der Waals surface area contributed by atoms with Gasteiger partial charge in [-0.25, -0.2) is 0 Å². The zero-order valence-electron chi connectivity index (χ0n) is 12.6. The van der Waals surface area contributed by atoms with Gasteiger partial charge in [0.15, 0.2) is 0 Å². The highest BCUT2D eigenvalue weighted by atomic mass is 19.4. The molecule has 0 heterocycles. The Morgan fingerprint density at radius 2 is 2.05 bits per heavy atom. The SMILES string of the molecule is CC(C)NC1CC(COc2ccc(C(F)(F)F)c(C#N)c2)C1. The Balaban J connectivity index is 1.89. The van der Waals surface area contributed by atoms with Crippen LogP contribution >= 0.6 is 0 Å². The van der Waals surface area contributed by atoms with Crippen molar-refractivity contribution < 1.29 is 17.9 Å². The highest BCUT2D eigenvalue weighted by molar-refractivity contribution is 5.44. The molecule has 0 aromatic heterocycles. The fourth-order valence-electron chi connectivity index (χ4n) is 2.65. The number of hydrogen-bond donors (Lipinski definition) is 1. The minimum Gasteiger partial charge on any atom is -0.493 e. The summed E-state index contributed by atoms with van der Waals surface area (Å²) in [6.07, 6.45) is -2.51. The summed E-state index contributed by atoms with van der Waals surface area (Å²) < 4.78 is 43.6. The Hall–Kier alpha value is -1.74. The van der Waals surface area contributed by atoms with Gasteiger partial charge in [0.05, 0.1) is 23.8 Å². The van der Waals surface area contributed by atoms with Crippen molar-refractivity contribution in [2.45, 2.75) is 44.9 Å². The van der Waals surface area contributed by atoms with Gasteiger partial charge in [0.25, 0.3) is 0 Å². The molecule has 1 aliphatic carbocycles.